The first-order valence-corrected chi connectivity index (χ1v) is 9.56. The quantitative estimate of drug-likeness (QED) is 0.420. The van der Waals surface area contributed by atoms with E-state index in [1.54, 1.807) is 36.0 Å². The average Bonchev–Trinajstić information content (AvgIpc) is 3.27. The highest BCUT2D eigenvalue weighted by Gasteiger charge is 2.18. The van der Waals surface area contributed by atoms with E-state index in [2.05, 4.69) is 15.1 Å². The van der Waals surface area contributed by atoms with E-state index in [9.17, 15) is 4.39 Å². The minimum Gasteiger partial charge on any atom is -0.489 e. The van der Waals surface area contributed by atoms with Crippen molar-refractivity contribution in [1.29, 1.82) is 0 Å². The third-order valence-corrected chi connectivity index (χ3v) is 4.71. The van der Waals surface area contributed by atoms with Crippen molar-refractivity contribution < 1.29 is 23.3 Å². The van der Waals surface area contributed by atoms with E-state index in [1.807, 2.05) is 13.8 Å². The lowest BCUT2D eigenvalue weighted by molar-refractivity contribution is 0.0543. The van der Waals surface area contributed by atoms with Crippen molar-refractivity contribution in [1.82, 2.24) is 19.6 Å². The van der Waals surface area contributed by atoms with Crippen molar-refractivity contribution in [3.63, 3.8) is 0 Å². The molecule has 0 spiro atoms. The molecule has 0 radical (unpaired) electrons. The molecule has 0 aliphatic carbocycles. The Morgan fingerprint density at radius 3 is 2.77 bits per heavy atom. The number of hydrogen-bond acceptors (Lipinski definition) is 6. The van der Waals surface area contributed by atoms with Gasteiger partial charge in [-0.15, -0.1) is 0 Å². The molecule has 3 heterocycles. The van der Waals surface area contributed by atoms with Gasteiger partial charge in [-0.2, -0.15) is 10.1 Å². The highest BCUT2D eigenvalue weighted by molar-refractivity contribution is 5.83. The molecule has 0 saturated carbocycles. The molecule has 0 aliphatic heterocycles. The van der Waals surface area contributed by atoms with E-state index < -0.39 is 5.82 Å². The number of nitrogens with zero attached hydrogens (tertiary/aromatic N) is 3. The Bertz CT molecular complexity index is 1170. The van der Waals surface area contributed by atoms with Gasteiger partial charge in [-0.25, -0.2) is 8.91 Å². The molecule has 4 rings (SSSR count). The fourth-order valence-corrected chi connectivity index (χ4v) is 3.25. The van der Waals surface area contributed by atoms with Crippen LogP contribution in [0.2, 0.25) is 0 Å². The van der Waals surface area contributed by atoms with Gasteiger partial charge in [0.05, 0.1) is 26.0 Å². The van der Waals surface area contributed by atoms with Crippen LogP contribution in [0.5, 0.6) is 17.4 Å². The maximum Gasteiger partial charge on any atom is 0.247 e. The highest BCUT2D eigenvalue weighted by atomic mass is 19.1. The summed E-state index contributed by atoms with van der Waals surface area (Å²) in [5, 5.41) is 4.68. The van der Waals surface area contributed by atoms with E-state index in [4.69, 9.17) is 18.9 Å². The van der Waals surface area contributed by atoms with Crippen molar-refractivity contribution in [2.75, 3.05) is 33.5 Å². The number of hydrogen-bond donors (Lipinski definition) is 1. The van der Waals surface area contributed by atoms with Crippen LogP contribution in [0.4, 0.5) is 4.39 Å². The van der Waals surface area contributed by atoms with E-state index in [0.717, 1.165) is 11.3 Å². The van der Waals surface area contributed by atoms with E-state index in [1.165, 1.54) is 6.33 Å². The first-order chi connectivity index (χ1) is 14.6. The number of aryl methyl sites for hydroxylation is 2. The molecule has 158 valence electrons. The van der Waals surface area contributed by atoms with Crippen LogP contribution in [-0.4, -0.2) is 53.1 Å². The number of rotatable bonds is 9. The summed E-state index contributed by atoms with van der Waals surface area (Å²) in [7, 11) is 1.62. The Hall–Kier alpha value is -3.17. The molecular weight excluding hydrogens is 391 g/mol. The molecule has 9 heteroatoms. The van der Waals surface area contributed by atoms with Gasteiger partial charge >= 0.3 is 0 Å². The number of fused-ring (bicyclic) bond motifs is 2. The molecule has 1 N–H and O–H groups in total. The van der Waals surface area contributed by atoms with E-state index in [0.29, 0.717) is 48.6 Å². The van der Waals surface area contributed by atoms with Crippen LogP contribution < -0.4 is 9.47 Å². The smallest absolute Gasteiger partial charge is 0.247 e. The third-order valence-electron chi connectivity index (χ3n) is 4.71. The first-order valence-electron chi connectivity index (χ1n) is 9.56. The number of halogens is 1. The number of methoxy groups -OCH3 is 1. The molecule has 0 unspecified atom stereocenters. The summed E-state index contributed by atoms with van der Waals surface area (Å²) in [5.74, 6) is 0.534. The molecule has 0 saturated heterocycles. The lowest BCUT2D eigenvalue weighted by atomic mass is 10.2. The molecule has 8 nitrogen and oxygen atoms in total. The summed E-state index contributed by atoms with van der Waals surface area (Å²) in [6, 6.07) is 5.11. The Morgan fingerprint density at radius 2 is 1.93 bits per heavy atom. The molecule has 4 aromatic rings. The Kier molecular flexibility index (Phi) is 5.82. The van der Waals surface area contributed by atoms with Crippen LogP contribution in [0.3, 0.4) is 0 Å². The normalized spacial score (nSPS) is 11.5. The predicted octanol–water partition coefficient (Wildman–Crippen LogP) is 3.80. The van der Waals surface area contributed by atoms with Crippen molar-refractivity contribution >= 4 is 16.4 Å². The summed E-state index contributed by atoms with van der Waals surface area (Å²) in [6.45, 7) is 5.62. The number of aromatic amines is 1. The largest absolute Gasteiger partial charge is 0.489 e. The maximum atomic E-state index is 14.9. The van der Waals surface area contributed by atoms with Gasteiger partial charge in [0, 0.05) is 29.3 Å². The monoisotopic (exact) mass is 414 g/mol. The van der Waals surface area contributed by atoms with Crippen molar-refractivity contribution in [2.24, 2.45) is 0 Å². The number of ether oxygens (including phenoxy) is 4. The Labute approximate surface area is 172 Å². The Balaban J connectivity index is 1.56. The molecular formula is C21H23FN4O4. The maximum absolute atomic E-state index is 14.9. The Morgan fingerprint density at radius 1 is 1.10 bits per heavy atom. The molecule has 3 aromatic heterocycles. The molecule has 0 amide bonds. The van der Waals surface area contributed by atoms with Crippen LogP contribution in [-0.2, 0) is 9.47 Å². The SMILES string of the molecule is COCCOCCOc1cn2ncnc(Oc3ccc4[nH]c(C)cc4c3F)c2c1C. The van der Waals surface area contributed by atoms with Gasteiger partial charge < -0.3 is 23.9 Å². The van der Waals surface area contributed by atoms with Gasteiger partial charge in [0.1, 0.15) is 24.2 Å². The molecule has 0 atom stereocenters. The zero-order valence-corrected chi connectivity index (χ0v) is 17.1. The van der Waals surface area contributed by atoms with Gasteiger partial charge in [-0.1, -0.05) is 0 Å². The lowest BCUT2D eigenvalue weighted by Gasteiger charge is -2.08. The molecule has 30 heavy (non-hydrogen) atoms. The van der Waals surface area contributed by atoms with Crippen molar-refractivity contribution in [3.05, 3.63) is 47.8 Å². The molecule has 1 aromatic carbocycles. The average molecular weight is 414 g/mol. The lowest BCUT2D eigenvalue weighted by Crippen LogP contribution is -2.10. The summed E-state index contributed by atoms with van der Waals surface area (Å²) >= 11 is 0. The summed E-state index contributed by atoms with van der Waals surface area (Å²) in [5.41, 5.74) is 2.99. The van der Waals surface area contributed by atoms with Crippen LogP contribution in [0.25, 0.3) is 16.4 Å². The van der Waals surface area contributed by atoms with Gasteiger partial charge in [-0.3, -0.25) is 0 Å². The zero-order chi connectivity index (χ0) is 21.1. The second kappa shape index (κ2) is 8.68. The standard InChI is InChI=1S/C21H23FN4O4/c1-13-10-15-16(25-13)4-5-17(19(15)22)30-21-20-14(2)18(11-26(20)24-12-23-21)29-9-8-28-7-6-27-3/h4-5,10-12,25H,6-9H2,1-3H3. The number of H-pyrrole nitrogens is 1. The second-order valence-corrected chi connectivity index (χ2v) is 6.82. The van der Waals surface area contributed by atoms with Crippen LogP contribution in [0.1, 0.15) is 11.3 Å². The minimum atomic E-state index is -0.442. The topological polar surface area (TPSA) is 82.9 Å². The van der Waals surface area contributed by atoms with Gasteiger partial charge in [-0.05, 0) is 32.0 Å². The fraction of sp³-hybridized carbons (Fsp3) is 0.333. The third kappa shape index (κ3) is 3.94. The fourth-order valence-electron chi connectivity index (χ4n) is 3.25. The minimum absolute atomic E-state index is 0.0942. The highest BCUT2D eigenvalue weighted by Crippen LogP contribution is 2.34. The predicted molar refractivity (Wildman–Crippen MR) is 109 cm³/mol. The number of nitrogens with one attached hydrogen (secondary N) is 1. The van der Waals surface area contributed by atoms with Crippen molar-refractivity contribution in [2.45, 2.75) is 13.8 Å². The molecule has 0 bridgehead atoms. The van der Waals surface area contributed by atoms with E-state index in [-0.39, 0.29) is 11.6 Å². The van der Waals surface area contributed by atoms with Gasteiger partial charge in [0.2, 0.25) is 5.88 Å². The van der Waals surface area contributed by atoms with Crippen molar-refractivity contribution in [3.8, 4) is 17.4 Å². The summed E-state index contributed by atoms with van der Waals surface area (Å²) in [4.78, 5) is 7.32. The second-order valence-electron chi connectivity index (χ2n) is 6.82. The molecule has 0 aliphatic rings. The van der Waals surface area contributed by atoms with E-state index >= 15 is 0 Å². The summed E-state index contributed by atoms with van der Waals surface area (Å²) < 4.78 is 38.5. The zero-order valence-electron chi connectivity index (χ0n) is 17.1. The first kappa shape index (κ1) is 20.1. The number of aromatic nitrogens is 4. The van der Waals surface area contributed by atoms with Crippen LogP contribution >= 0.6 is 0 Å². The van der Waals surface area contributed by atoms with Gasteiger partial charge in [0.25, 0.3) is 0 Å². The van der Waals surface area contributed by atoms with Crippen LogP contribution in [0, 0.1) is 19.7 Å². The molecule has 0 fully saturated rings. The van der Waals surface area contributed by atoms with Gasteiger partial charge in [0.15, 0.2) is 11.6 Å². The summed E-state index contributed by atoms with van der Waals surface area (Å²) in [6.07, 6.45) is 3.10. The van der Waals surface area contributed by atoms with Crippen LogP contribution in [0.15, 0.2) is 30.7 Å². The number of benzene rings is 1.